The summed E-state index contributed by atoms with van der Waals surface area (Å²) < 4.78 is 5.47. The molecule has 152 valence electrons. The van der Waals surface area contributed by atoms with Crippen molar-refractivity contribution in [2.24, 2.45) is 0 Å². The molecule has 0 fully saturated rings. The summed E-state index contributed by atoms with van der Waals surface area (Å²) in [7, 11) is 0. The Morgan fingerprint density at radius 1 is 0.903 bits per heavy atom. The van der Waals surface area contributed by atoms with E-state index >= 15 is 0 Å². The highest BCUT2D eigenvalue weighted by Gasteiger charge is 2.28. The van der Waals surface area contributed by atoms with Crippen molar-refractivity contribution in [1.82, 2.24) is 4.98 Å². The second-order valence-corrected chi connectivity index (χ2v) is 8.25. The maximum atomic E-state index is 13.2. The van der Waals surface area contributed by atoms with E-state index < -0.39 is 5.97 Å². The van der Waals surface area contributed by atoms with Crippen LogP contribution >= 0.6 is 11.8 Å². The van der Waals surface area contributed by atoms with Crippen LogP contribution in [0.4, 0.5) is 11.4 Å². The molecule has 5 rings (SSSR count). The van der Waals surface area contributed by atoms with Crippen LogP contribution in [-0.2, 0) is 9.53 Å². The number of ether oxygens (including phenoxy) is 1. The van der Waals surface area contributed by atoms with Crippen LogP contribution in [-0.4, -0.2) is 23.5 Å². The number of pyridine rings is 1. The third-order valence-corrected chi connectivity index (χ3v) is 6.20. The Kier molecular flexibility index (Phi) is 4.92. The molecule has 5 nitrogen and oxygen atoms in total. The highest BCUT2D eigenvalue weighted by atomic mass is 32.2. The molecule has 4 aromatic rings. The minimum absolute atomic E-state index is 0.302. The Morgan fingerprint density at radius 2 is 1.52 bits per heavy atom. The van der Waals surface area contributed by atoms with Crippen molar-refractivity contribution in [3.8, 4) is 0 Å². The number of benzene rings is 3. The van der Waals surface area contributed by atoms with Crippen molar-refractivity contribution in [3.63, 3.8) is 0 Å². The summed E-state index contributed by atoms with van der Waals surface area (Å²) in [5, 5.41) is 0.704. The minimum atomic E-state index is -0.539. The zero-order chi connectivity index (χ0) is 21.4. The molecule has 1 aromatic heterocycles. The van der Waals surface area contributed by atoms with Crippen LogP contribution in [0.3, 0.4) is 0 Å². The fourth-order valence-electron chi connectivity index (χ4n) is 3.72. The molecule has 0 bridgehead atoms. The van der Waals surface area contributed by atoms with Crippen LogP contribution < -0.4 is 4.90 Å². The molecule has 0 atom stereocenters. The van der Waals surface area contributed by atoms with Crippen molar-refractivity contribution in [1.29, 1.82) is 0 Å². The van der Waals surface area contributed by atoms with E-state index in [2.05, 4.69) is 4.98 Å². The first-order valence-electron chi connectivity index (χ1n) is 9.84. The lowest BCUT2D eigenvalue weighted by atomic mass is 10.1. The summed E-state index contributed by atoms with van der Waals surface area (Å²) in [4.78, 5) is 34.1. The second kappa shape index (κ2) is 7.89. The molecule has 1 aliphatic rings. The zero-order valence-corrected chi connectivity index (χ0v) is 17.6. The summed E-state index contributed by atoms with van der Waals surface area (Å²) >= 11 is 1.62. The van der Waals surface area contributed by atoms with Crippen LogP contribution in [0.15, 0.2) is 88.7 Å². The number of anilines is 2. The topological polar surface area (TPSA) is 59.5 Å². The number of fused-ring (bicyclic) bond motifs is 3. The Labute approximate surface area is 183 Å². The van der Waals surface area contributed by atoms with Crippen molar-refractivity contribution in [2.75, 3.05) is 11.5 Å². The molecule has 0 aliphatic carbocycles. The number of aryl methyl sites for hydroxylation is 1. The summed E-state index contributed by atoms with van der Waals surface area (Å²) in [5.41, 5.74) is 3.42. The quantitative estimate of drug-likeness (QED) is 0.403. The van der Waals surface area contributed by atoms with Crippen LogP contribution in [0.25, 0.3) is 10.9 Å². The van der Waals surface area contributed by atoms with Crippen molar-refractivity contribution >= 4 is 45.9 Å². The van der Waals surface area contributed by atoms with Gasteiger partial charge in [-0.3, -0.25) is 14.7 Å². The summed E-state index contributed by atoms with van der Waals surface area (Å²) in [6, 6.07) is 24.5. The lowest BCUT2D eigenvalue weighted by Crippen LogP contribution is -2.32. The van der Waals surface area contributed by atoms with Gasteiger partial charge in [0.15, 0.2) is 6.61 Å². The zero-order valence-electron chi connectivity index (χ0n) is 16.7. The number of rotatable bonds is 3. The molecule has 2 heterocycles. The van der Waals surface area contributed by atoms with Crippen LogP contribution in [0.1, 0.15) is 16.1 Å². The molecular weight excluding hydrogens is 408 g/mol. The van der Waals surface area contributed by atoms with Gasteiger partial charge in [0.25, 0.3) is 5.91 Å². The number of esters is 1. The predicted octanol–water partition coefficient (Wildman–Crippen LogP) is 5.53. The van der Waals surface area contributed by atoms with E-state index in [4.69, 9.17) is 4.74 Å². The highest BCUT2D eigenvalue weighted by molar-refractivity contribution is 7.99. The Hall–Kier alpha value is -3.64. The second-order valence-electron chi connectivity index (χ2n) is 7.17. The molecule has 0 radical (unpaired) electrons. The fraction of sp³-hybridized carbons (Fsp3) is 0.0800. The minimum Gasteiger partial charge on any atom is -0.452 e. The van der Waals surface area contributed by atoms with Gasteiger partial charge in [0.05, 0.1) is 22.5 Å². The first-order valence-corrected chi connectivity index (χ1v) is 10.7. The standard InChI is InChI=1S/C25H18N2O3S/c1-16-14-18(17-8-2-3-9-19(17)26-16)25(29)30-15-24(28)27-20-10-4-6-12-22(20)31-23-13-7-5-11-21(23)27/h2-14H,15H2,1H3. The van der Waals surface area contributed by atoms with Crippen molar-refractivity contribution < 1.29 is 14.3 Å². The molecule has 6 heteroatoms. The smallest absolute Gasteiger partial charge is 0.339 e. The van der Waals surface area contributed by atoms with Gasteiger partial charge in [-0.05, 0) is 43.3 Å². The summed E-state index contributed by atoms with van der Waals surface area (Å²) in [5.74, 6) is -0.841. The Morgan fingerprint density at radius 3 is 2.23 bits per heavy atom. The molecule has 3 aromatic carbocycles. The van der Waals surface area contributed by atoms with E-state index in [1.807, 2.05) is 79.7 Å². The Balaban J connectivity index is 1.43. The number of carbonyl (C=O) groups excluding carboxylic acids is 2. The SMILES string of the molecule is Cc1cc(C(=O)OCC(=O)N2c3ccccc3Sc3ccccc32)c2ccccc2n1. The van der Waals surface area contributed by atoms with Crippen LogP contribution in [0.5, 0.6) is 0 Å². The molecule has 0 unspecified atom stereocenters. The van der Waals surface area contributed by atoms with E-state index in [0.29, 0.717) is 16.6 Å². The maximum absolute atomic E-state index is 13.2. The van der Waals surface area contributed by atoms with E-state index in [1.165, 1.54) is 0 Å². The first-order chi connectivity index (χ1) is 15.1. The van der Waals surface area contributed by atoms with E-state index in [1.54, 1.807) is 22.7 Å². The van der Waals surface area contributed by atoms with E-state index in [0.717, 1.165) is 26.7 Å². The van der Waals surface area contributed by atoms with E-state index in [9.17, 15) is 9.59 Å². The number of aromatic nitrogens is 1. The third-order valence-electron chi connectivity index (χ3n) is 5.07. The molecule has 0 spiro atoms. The van der Waals surface area contributed by atoms with Gasteiger partial charge in [-0.15, -0.1) is 0 Å². The van der Waals surface area contributed by atoms with Crippen molar-refractivity contribution in [3.05, 3.63) is 90.1 Å². The molecule has 1 amide bonds. The molecule has 0 saturated heterocycles. The monoisotopic (exact) mass is 426 g/mol. The van der Waals surface area contributed by atoms with Gasteiger partial charge in [-0.25, -0.2) is 4.79 Å². The number of hydrogen-bond acceptors (Lipinski definition) is 5. The largest absolute Gasteiger partial charge is 0.452 e. The van der Waals surface area contributed by atoms with Gasteiger partial charge >= 0.3 is 5.97 Å². The number of nitrogens with zero attached hydrogens (tertiary/aromatic N) is 2. The summed E-state index contributed by atoms with van der Waals surface area (Å²) in [6.45, 7) is 1.47. The van der Waals surface area contributed by atoms with Gasteiger partial charge in [-0.2, -0.15) is 0 Å². The average molecular weight is 426 g/mol. The van der Waals surface area contributed by atoms with Gasteiger partial charge < -0.3 is 4.74 Å². The van der Waals surface area contributed by atoms with Crippen LogP contribution in [0.2, 0.25) is 0 Å². The normalized spacial score (nSPS) is 12.2. The molecular formula is C25H18N2O3S. The summed E-state index contributed by atoms with van der Waals surface area (Å²) in [6.07, 6.45) is 0. The fourth-order valence-corrected chi connectivity index (χ4v) is 4.78. The molecule has 31 heavy (non-hydrogen) atoms. The molecule has 0 N–H and O–H groups in total. The highest BCUT2D eigenvalue weighted by Crippen LogP contribution is 2.47. The first kappa shape index (κ1) is 19.3. The van der Waals surface area contributed by atoms with Crippen molar-refractivity contribution in [2.45, 2.75) is 16.7 Å². The van der Waals surface area contributed by atoms with Gasteiger partial charge in [0.2, 0.25) is 0 Å². The molecule has 1 aliphatic heterocycles. The molecule has 0 saturated carbocycles. The van der Waals surface area contributed by atoms with Gasteiger partial charge in [0.1, 0.15) is 0 Å². The van der Waals surface area contributed by atoms with E-state index in [-0.39, 0.29) is 12.5 Å². The van der Waals surface area contributed by atoms with Gasteiger partial charge in [-0.1, -0.05) is 54.2 Å². The average Bonchev–Trinajstić information content (AvgIpc) is 2.80. The number of hydrogen-bond donors (Lipinski definition) is 0. The maximum Gasteiger partial charge on any atom is 0.339 e. The number of carbonyl (C=O) groups is 2. The lowest BCUT2D eigenvalue weighted by molar-refractivity contribution is -0.121. The predicted molar refractivity (Wildman–Crippen MR) is 121 cm³/mol. The third kappa shape index (κ3) is 3.55. The van der Waals surface area contributed by atoms with Gasteiger partial charge in [0, 0.05) is 20.9 Å². The number of amides is 1. The lowest BCUT2D eigenvalue weighted by Gasteiger charge is -2.30. The van der Waals surface area contributed by atoms with Crippen LogP contribution in [0, 0.1) is 6.92 Å². The number of para-hydroxylation sites is 3. The Bertz CT molecular complexity index is 1290.